The first kappa shape index (κ1) is 14.8. The number of nitro benzene ring substituents is 1. The predicted octanol–water partition coefficient (Wildman–Crippen LogP) is 3.66. The van der Waals surface area contributed by atoms with Crippen molar-refractivity contribution < 1.29 is 14.1 Å². The molecule has 0 aliphatic rings. The molecule has 0 aliphatic heterocycles. The Bertz CT molecular complexity index is 674. The minimum Gasteiger partial charge on any atom is -0.490 e. The van der Waals surface area contributed by atoms with Crippen LogP contribution in [0.1, 0.15) is 11.1 Å². The Labute approximate surface area is 121 Å². The molecule has 0 spiro atoms. The molecular weight excluding hydrogens is 275 g/mol. The molecule has 0 unspecified atom stereocenters. The summed E-state index contributed by atoms with van der Waals surface area (Å²) in [6.07, 6.45) is 0. The van der Waals surface area contributed by atoms with Gasteiger partial charge in [-0.2, -0.15) is 0 Å². The summed E-state index contributed by atoms with van der Waals surface area (Å²) in [7, 11) is 1.31. The number of hydrogen-bond donors (Lipinski definition) is 1. The van der Waals surface area contributed by atoms with Crippen molar-refractivity contribution in [3.05, 3.63) is 63.5 Å². The summed E-state index contributed by atoms with van der Waals surface area (Å²) in [6.45, 7) is 2.39. The number of nitro groups is 1. The Morgan fingerprint density at radius 2 is 2.10 bits per heavy atom. The van der Waals surface area contributed by atoms with Gasteiger partial charge in [-0.25, -0.2) is 4.39 Å². The molecule has 21 heavy (non-hydrogen) atoms. The number of halogens is 1. The van der Waals surface area contributed by atoms with Crippen molar-refractivity contribution >= 4 is 11.4 Å². The lowest BCUT2D eigenvalue weighted by molar-refractivity contribution is -0.385. The van der Waals surface area contributed by atoms with Gasteiger partial charge in [-0.05, 0) is 12.5 Å². The van der Waals surface area contributed by atoms with Crippen LogP contribution < -0.4 is 10.1 Å². The zero-order valence-corrected chi connectivity index (χ0v) is 11.7. The van der Waals surface area contributed by atoms with Crippen molar-refractivity contribution in [3.63, 3.8) is 0 Å². The second-order valence-corrected chi connectivity index (χ2v) is 4.60. The highest BCUT2D eigenvalue weighted by molar-refractivity contribution is 5.59. The number of benzene rings is 2. The minimum atomic E-state index is -0.685. The summed E-state index contributed by atoms with van der Waals surface area (Å²) in [5.41, 5.74) is 1.87. The molecule has 2 aromatic carbocycles. The third-order valence-electron chi connectivity index (χ3n) is 3.03. The molecule has 0 aromatic heterocycles. The number of ether oxygens (including phenoxy) is 1. The van der Waals surface area contributed by atoms with Gasteiger partial charge in [0.25, 0.3) is 0 Å². The molecule has 1 N–H and O–H groups in total. The Hall–Kier alpha value is -2.63. The number of anilines is 1. The molecule has 6 heteroatoms. The molecule has 0 fully saturated rings. The van der Waals surface area contributed by atoms with E-state index < -0.39 is 16.4 Å². The van der Waals surface area contributed by atoms with Gasteiger partial charge in [0.1, 0.15) is 0 Å². The van der Waals surface area contributed by atoms with E-state index in [2.05, 4.69) is 5.32 Å². The van der Waals surface area contributed by atoms with E-state index in [9.17, 15) is 14.5 Å². The van der Waals surface area contributed by atoms with Crippen LogP contribution in [0.25, 0.3) is 0 Å². The quantitative estimate of drug-likeness (QED) is 0.674. The summed E-state index contributed by atoms with van der Waals surface area (Å²) >= 11 is 0. The summed E-state index contributed by atoms with van der Waals surface area (Å²) in [5.74, 6) is -0.664. The number of aryl methyl sites for hydroxylation is 1. The van der Waals surface area contributed by atoms with E-state index in [1.54, 1.807) is 0 Å². The molecule has 0 atom stereocenters. The maximum Gasteiger partial charge on any atom is 0.313 e. The Morgan fingerprint density at radius 3 is 2.71 bits per heavy atom. The summed E-state index contributed by atoms with van der Waals surface area (Å²) in [6, 6.07) is 9.94. The standard InChI is InChI=1S/C15H15FN2O3/c1-10-4-3-5-11(6-10)9-17-13-8-15(21-2)14(18(19)20)7-12(13)16/h3-8,17H,9H2,1-2H3. The Kier molecular flexibility index (Phi) is 4.37. The average Bonchev–Trinajstić information content (AvgIpc) is 2.45. The normalized spacial score (nSPS) is 10.2. The maximum atomic E-state index is 13.9. The molecular formula is C15H15FN2O3. The second-order valence-electron chi connectivity index (χ2n) is 4.60. The van der Waals surface area contributed by atoms with Gasteiger partial charge in [0.05, 0.1) is 23.8 Å². The van der Waals surface area contributed by atoms with Gasteiger partial charge in [0.2, 0.25) is 0 Å². The van der Waals surface area contributed by atoms with E-state index >= 15 is 0 Å². The highest BCUT2D eigenvalue weighted by atomic mass is 19.1. The third kappa shape index (κ3) is 3.47. The SMILES string of the molecule is COc1cc(NCc2cccc(C)c2)c(F)cc1[N+](=O)[O-]. The first-order chi connectivity index (χ1) is 10.0. The zero-order valence-electron chi connectivity index (χ0n) is 11.7. The van der Waals surface area contributed by atoms with Crippen molar-refractivity contribution in [2.24, 2.45) is 0 Å². The highest BCUT2D eigenvalue weighted by Gasteiger charge is 2.19. The molecule has 2 rings (SSSR count). The van der Waals surface area contributed by atoms with E-state index in [0.717, 1.165) is 17.2 Å². The molecule has 110 valence electrons. The first-order valence-corrected chi connectivity index (χ1v) is 6.32. The van der Waals surface area contributed by atoms with E-state index in [-0.39, 0.29) is 11.4 Å². The van der Waals surface area contributed by atoms with Crippen LogP contribution >= 0.6 is 0 Å². The molecule has 0 heterocycles. The molecule has 0 radical (unpaired) electrons. The lowest BCUT2D eigenvalue weighted by atomic mass is 10.1. The molecule has 0 aliphatic carbocycles. The highest BCUT2D eigenvalue weighted by Crippen LogP contribution is 2.32. The smallest absolute Gasteiger partial charge is 0.313 e. The monoisotopic (exact) mass is 290 g/mol. The topological polar surface area (TPSA) is 64.4 Å². The van der Waals surface area contributed by atoms with Crippen molar-refractivity contribution in [1.29, 1.82) is 0 Å². The van der Waals surface area contributed by atoms with E-state index in [4.69, 9.17) is 4.74 Å². The van der Waals surface area contributed by atoms with Crippen LogP contribution in [0.15, 0.2) is 36.4 Å². The van der Waals surface area contributed by atoms with Crippen LogP contribution in [-0.4, -0.2) is 12.0 Å². The van der Waals surface area contributed by atoms with Gasteiger partial charge in [0.15, 0.2) is 11.6 Å². The number of nitrogens with one attached hydrogen (secondary N) is 1. The van der Waals surface area contributed by atoms with Crippen molar-refractivity contribution in [1.82, 2.24) is 0 Å². The number of rotatable bonds is 5. The fourth-order valence-electron chi connectivity index (χ4n) is 2.00. The zero-order chi connectivity index (χ0) is 15.4. The van der Waals surface area contributed by atoms with Gasteiger partial charge in [-0.1, -0.05) is 29.8 Å². The van der Waals surface area contributed by atoms with Crippen LogP contribution in [0.2, 0.25) is 0 Å². The van der Waals surface area contributed by atoms with E-state index in [1.807, 2.05) is 31.2 Å². The fraction of sp³-hybridized carbons (Fsp3) is 0.200. The average molecular weight is 290 g/mol. The molecule has 0 bridgehead atoms. The largest absolute Gasteiger partial charge is 0.490 e. The van der Waals surface area contributed by atoms with Crippen LogP contribution in [0.4, 0.5) is 15.8 Å². The molecule has 0 saturated carbocycles. The minimum absolute atomic E-state index is 0.0214. The summed E-state index contributed by atoms with van der Waals surface area (Å²) in [4.78, 5) is 10.1. The Morgan fingerprint density at radius 1 is 1.33 bits per heavy atom. The first-order valence-electron chi connectivity index (χ1n) is 6.32. The number of nitrogens with zero attached hydrogens (tertiary/aromatic N) is 1. The molecule has 0 amide bonds. The summed E-state index contributed by atoms with van der Waals surface area (Å²) in [5, 5.41) is 13.7. The molecule has 2 aromatic rings. The van der Waals surface area contributed by atoms with Gasteiger partial charge in [-0.15, -0.1) is 0 Å². The van der Waals surface area contributed by atoms with Crippen LogP contribution in [0, 0.1) is 22.9 Å². The fourth-order valence-corrected chi connectivity index (χ4v) is 2.00. The lowest BCUT2D eigenvalue weighted by Gasteiger charge is -2.10. The van der Waals surface area contributed by atoms with E-state index in [1.165, 1.54) is 13.2 Å². The van der Waals surface area contributed by atoms with Gasteiger partial charge >= 0.3 is 5.69 Å². The lowest BCUT2D eigenvalue weighted by Crippen LogP contribution is -2.03. The van der Waals surface area contributed by atoms with Crippen molar-refractivity contribution in [2.75, 3.05) is 12.4 Å². The van der Waals surface area contributed by atoms with Crippen LogP contribution in [0.3, 0.4) is 0 Å². The summed E-state index contributed by atoms with van der Waals surface area (Å²) < 4.78 is 18.8. The van der Waals surface area contributed by atoms with E-state index in [0.29, 0.717) is 6.54 Å². The van der Waals surface area contributed by atoms with Gasteiger partial charge < -0.3 is 10.1 Å². The Balaban J connectivity index is 2.22. The predicted molar refractivity (Wildman–Crippen MR) is 78.1 cm³/mol. The third-order valence-corrected chi connectivity index (χ3v) is 3.03. The van der Waals surface area contributed by atoms with Gasteiger partial charge in [0, 0.05) is 12.6 Å². The number of hydrogen-bond acceptors (Lipinski definition) is 4. The second kappa shape index (κ2) is 6.21. The molecule has 0 saturated heterocycles. The van der Waals surface area contributed by atoms with Crippen LogP contribution in [0.5, 0.6) is 5.75 Å². The maximum absolute atomic E-state index is 13.9. The van der Waals surface area contributed by atoms with Crippen molar-refractivity contribution in [2.45, 2.75) is 13.5 Å². The molecule has 5 nitrogen and oxygen atoms in total. The van der Waals surface area contributed by atoms with Crippen molar-refractivity contribution in [3.8, 4) is 5.75 Å². The van der Waals surface area contributed by atoms with Gasteiger partial charge in [-0.3, -0.25) is 10.1 Å². The van der Waals surface area contributed by atoms with Crippen LogP contribution in [-0.2, 0) is 6.54 Å². The number of methoxy groups -OCH3 is 1.